The highest BCUT2D eigenvalue weighted by Gasteiger charge is 2.30. The standard InChI is InChI=1S/C16H19N3O/c1-3-8-19(10-11-4-5-11)12-6-7-13-14(9-12)18-16(20)15(13)17-2/h1,6-7,9,11,15,17H,4-5,8,10H2,2H3,(H,18,20). The van der Waals surface area contributed by atoms with Crippen LogP contribution in [0.25, 0.3) is 0 Å². The molecule has 2 aliphatic rings. The van der Waals surface area contributed by atoms with Gasteiger partial charge in [-0.2, -0.15) is 0 Å². The predicted octanol–water partition coefficient (Wildman–Crippen LogP) is 1.75. The molecule has 3 rings (SSSR count). The van der Waals surface area contributed by atoms with Gasteiger partial charge in [0, 0.05) is 23.5 Å². The van der Waals surface area contributed by atoms with Gasteiger partial charge in [-0.1, -0.05) is 12.0 Å². The summed E-state index contributed by atoms with van der Waals surface area (Å²) in [4.78, 5) is 14.1. The van der Waals surface area contributed by atoms with Crippen LogP contribution in [0.5, 0.6) is 0 Å². The lowest BCUT2D eigenvalue weighted by atomic mass is 10.1. The molecule has 4 heteroatoms. The van der Waals surface area contributed by atoms with Crippen molar-refractivity contribution in [3.05, 3.63) is 23.8 Å². The van der Waals surface area contributed by atoms with Crippen LogP contribution in [0.4, 0.5) is 11.4 Å². The zero-order valence-corrected chi connectivity index (χ0v) is 11.6. The minimum atomic E-state index is -0.247. The number of amides is 1. The van der Waals surface area contributed by atoms with Crippen LogP contribution in [0.2, 0.25) is 0 Å². The second-order valence-corrected chi connectivity index (χ2v) is 5.51. The third-order valence-electron chi connectivity index (χ3n) is 3.98. The van der Waals surface area contributed by atoms with Crippen molar-refractivity contribution in [2.45, 2.75) is 18.9 Å². The van der Waals surface area contributed by atoms with Crippen molar-refractivity contribution >= 4 is 17.3 Å². The normalized spacial score (nSPS) is 20.2. The molecular weight excluding hydrogens is 250 g/mol. The molecule has 20 heavy (non-hydrogen) atoms. The molecule has 2 N–H and O–H groups in total. The zero-order valence-electron chi connectivity index (χ0n) is 11.6. The summed E-state index contributed by atoms with van der Waals surface area (Å²) in [7, 11) is 1.80. The predicted molar refractivity (Wildman–Crippen MR) is 80.6 cm³/mol. The molecule has 1 heterocycles. The van der Waals surface area contributed by atoms with Crippen LogP contribution < -0.4 is 15.5 Å². The van der Waals surface area contributed by atoms with E-state index in [0.29, 0.717) is 6.54 Å². The van der Waals surface area contributed by atoms with Crippen LogP contribution >= 0.6 is 0 Å². The van der Waals surface area contributed by atoms with E-state index in [1.54, 1.807) is 7.05 Å². The summed E-state index contributed by atoms with van der Waals surface area (Å²) in [6.45, 7) is 1.62. The zero-order chi connectivity index (χ0) is 14.1. The van der Waals surface area contributed by atoms with Crippen LogP contribution in [0.15, 0.2) is 18.2 Å². The SMILES string of the molecule is C#CCN(CC1CC1)c1ccc2c(c1)NC(=O)C2NC. The van der Waals surface area contributed by atoms with Crippen LogP contribution in [-0.2, 0) is 4.79 Å². The molecule has 4 nitrogen and oxygen atoms in total. The van der Waals surface area contributed by atoms with Crippen molar-refractivity contribution < 1.29 is 4.79 Å². The number of hydrogen-bond acceptors (Lipinski definition) is 3. The summed E-state index contributed by atoms with van der Waals surface area (Å²) < 4.78 is 0. The number of fused-ring (bicyclic) bond motifs is 1. The summed E-state index contributed by atoms with van der Waals surface area (Å²) in [6, 6.07) is 5.86. The Kier molecular flexibility index (Phi) is 3.37. The average molecular weight is 269 g/mol. The van der Waals surface area contributed by atoms with Crippen LogP contribution in [-0.4, -0.2) is 26.0 Å². The van der Waals surface area contributed by atoms with E-state index in [-0.39, 0.29) is 11.9 Å². The average Bonchev–Trinajstić information content (AvgIpc) is 3.19. The van der Waals surface area contributed by atoms with Crippen molar-refractivity contribution in [3.63, 3.8) is 0 Å². The first kappa shape index (κ1) is 13.0. The van der Waals surface area contributed by atoms with E-state index in [1.807, 2.05) is 12.1 Å². The first-order valence-electron chi connectivity index (χ1n) is 7.03. The van der Waals surface area contributed by atoms with Gasteiger partial charge in [0.25, 0.3) is 0 Å². The maximum atomic E-state index is 11.8. The Hall–Kier alpha value is -1.99. The van der Waals surface area contributed by atoms with Gasteiger partial charge in [-0.15, -0.1) is 6.42 Å². The number of rotatable bonds is 5. The molecule has 1 atom stereocenters. The van der Waals surface area contributed by atoms with Crippen molar-refractivity contribution in [2.75, 3.05) is 30.4 Å². The van der Waals surface area contributed by atoms with Gasteiger partial charge in [0.1, 0.15) is 6.04 Å². The third kappa shape index (κ3) is 2.37. The topological polar surface area (TPSA) is 44.4 Å². The summed E-state index contributed by atoms with van der Waals surface area (Å²) in [5, 5.41) is 5.95. The van der Waals surface area contributed by atoms with Crippen molar-refractivity contribution in [2.24, 2.45) is 5.92 Å². The molecule has 1 unspecified atom stereocenters. The van der Waals surface area contributed by atoms with Gasteiger partial charge in [0.2, 0.25) is 5.91 Å². The Bertz CT molecular complexity index is 572. The molecule has 0 aromatic heterocycles. The Morgan fingerprint density at radius 2 is 2.30 bits per heavy atom. The van der Waals surface area contributed by atoms with E-state index in [2.05, 4.69) is 27.5 Å². The maximum absolute atomic E-state index is 11.8. The number of likely N-dealkylation sites (N-methyl/N-ethyl adjacent to an activating group) is 1. The number of benzene rings is 1. The maximum Gasteiger partial charge on any atom is 0.246 e. The number of nitrogens with zero attached hydrogens (tertiary/aromatic N) is 1. The second-order valence-electron chi connectivity index (χ2n) is 5.51. The summed E-state index contributed by atoms with van der Waals surface area (Å²) >= 11 is 0. The molecule has 0 radical (unpaired) electrons. The molecule has 0 saturated heterocycles. The van der Waals surface area contributed by atoms with E-state index >= 15 is 0 Å². The first-order chi connectivity index (χ1) is 9.72. The van der Waals surface area contributed by atoms with Gasteiger partial charge in [0.05, 0.1) is 6.54 Å². The van der Waals surface area contributed by atoms with Gasteiger partial charge in [-0.25, -0.2) is 0 Å². The Morgan fingerprint density at radius 1 is 1.50 bits per heavy atom. The molecule has 0 spiro atoms. The lowest BCUT2D eigenvalue weighted by Gasteiger charge is -2.23. The quantitative estimate of drug-likeness (QED) is 0.800. The van der Waals surface area contributed by atoms with E-state index in [4.69, 9.17) is 6.42 Å². The third-order valence-corrected chi connectivity index (χ3v) is 3.98. The molecule has 0 bridgehead atoms. The highest BCUT2D eigenvalue weighted by molar-refractivity contribution is 6.03. The van der Waals surface area contributed by atoms with Crippen LogP contribution in [0, 0.1) is 18.3 Å². The van der Waals surface area contributed by atoms with Crippen LogP contribution in [0.3, 0.4) is 0 Å². The van der Waals surface area contributed by atoms with Crippen molar-refractivity contribution in [1.29, 1.82) is 0 Å². The van der Waals surface area contributed by atoms with Gasteiger partial charge in [0.15, 0.2) is 0 Å². The van der Waals surface area contributed by atoms with E-state index < -0.39 is 0 Å². The van der Waals surface area contributed by atoms with Crippen LogP contribution in [0.1, 0.15) is 24.4 Å². The highest BCUT2D eigenvalue weighted by Crippen LogP contribution is 2.36. The molecule has 104 valence electrons. The second kappa shape index (κ2) is 5.18. The minimum absolute atomic E-state index is 0.00495. The first-order valence-corrected chi connectivity index (χ1v) is 7.03. The lowest BCUT2D eigenvalue weighted by Crippen LogP contribution is -2.26. The molecular formula is C16H19N3O. The molecule has 1 aliphatic heterocycles. The number of carbonyl (C=O) groups excluding carboxylic acids is 1. The van der Waals surface area contributed by atoms with Gasteiger partial charge >= 0.3 is 0 Å². The monoisotopic (exact) mass is 269 g/mol. The lowest BCUT2D eigenvalue weighted by molar-refractivity contribution is -0.117. The largest absolute Gasteiger partial charge is 0.360 e. The van der Waals surface area contributed by atoms with Gasteiger partial charge in [-0.05, 0) is 37.9 Å². The van der Waals surface area contributed by atoms with Gasteiger partial charge in [-0.3, -0.25) is 4.79 Å². The Morgan fingerprint density at radius 3 is 2.95 bits per heavy atom. The number of carbonyl (C=O) groups is 1. The van der Waals surface area contributed by atoms with Crippen molar-refractivity contribution in [1.82, 2.24) is 5.32 Å². The molecule has 1 aromatic carbocycles. The summed E-state index contributed by atoms with van der Waals surface area (Å²) in [6.07, 6.45) is 8.06. The minimum Gasteiger partial charge on any atom is -0.360 e. The van der Waals surface area contributed by atoms with E-state index in [1.165, 1.54) is 12.8 Å². The summed E-state index contributed by atoms with van der Waals surface area (Å²) in [5.41, 5.74) is 2.99. The molecule has 1 fully saturated rings. The van der Waals surface area contributed by atoms with Crippen molar-refractivity contribution in [3.8, 4) is 12.3 Å². The van der Waals surface area contributed by atoms with E-state index in [9.17, 15) is 4.79 Å². The molecule has 1 aliphatic carbocycles. The highest BCUT2D eigenvalue weighted by atomic mass is 16.2. The number of nitrogens with one attached hydrogen (secondary N) is 2. The fourth-order valence-electron chi connectivity index (χ4n) is 2.72. The molecule has 1 aromatic rings. The summed E-state index contributed by atoms with van der Waals surface area (Å²) in [5.74, 6) is 3.50. The molecule has 1 amide bonds. The number of hydrogen-bond donors (Lipinski definition) is 2. The fraction of sp³-hybridized carbons (Fsp3) is 0.438. The number of terminal acetylenes is 1. The fourth-order valence-corrected chi connectivity index (χ4v) is 2.72. The van der Waals surface area contributed by atoms with E-state index in [0.717, 1.165) is 29.4 Å². The molecule has 1 saturated carbocycles. The Balaban J connectivity index is 1.86. The Labute approximate surface area is 119 Å². The smallest absolute Gasteiger partial charge is 0.246 e. The number of anilines is 2. The van der Waals surface area contributed by atoms with Gasteiger partial charge < -0.3 is 15.5 Å².